The molecule has 0 bridgehead atoms. The number of halogens is 1. The molecule has 1 aromatic heterocycles. The third-order valence-corrected chi connectivity index (χ3v) is 2.58. The first-order chi connectivity index (χ1) is 7.22. The van der Waals surface area contributed by atoms with Gasteiger partial charge in [-0.2, -0.15) is 5.10 Å². The Labute approximate surface area is 93.5 Å². The molecular formula is C11H12ClN3. The fourth-order valence-corrected chi connectivity index (χ4v) is 1.74. The maximum atomic E-state index is 5.83. The molecule has 0 unspecified atom stereocenters. The van der Waals surface area contributed by atoms with Gasteiger partial charge in [0, 0.05) is 12.7 Å². The summed E-state index contributed by atoms with van der Waals surface area (Å²) in [7, 11) is 0. The third-order valence-electron chi connectivity index (χ3n) is 2.39. The van der Waals surface area contributed by atoms with Crippen molar-refractivity contribution in [3.05, 3.63) is 46.7 Å². The Bertz CT molecular complexity index is 476. The molecule has 2 rings (SSSR count). The van der Waals surface area contributed by atoms with Crippen molar-refractivity contribution in [3.8, 4) is 5.69 Å². The van der Waals surface area contributed by atoms with E-state index < -0.39 is 0 Å². The number of aryl methyl sites for hydroxylation is 1. The van der Waals surface area contributed by atoms with E-state index in [0.29, 0.717) is 11.6 Å². The molecule has 0 saturated carbocycles. The zero-order valence-electron chi connectivity index (χ0n) is 8.44. The molecule has 0 saturated heterocycles. The highest BCUT2D eigenvalue weighted by Gasteiger charge is 2.06. The van der Waals surface area contributed by atoms with Gasteiger partial charge in [-0.3, -0.25) is 0 Å². The molecule has 0 radical (unpaired) electrons. The van der Waals surface area contributed by atoms with E-state index in [0.717, 1.165) is 11.3 Å². The summed E-state index contributed by atoms with van der Waals surface area (Å²) in [5, 5.41) is 4.79. The van der Waals surface area contributed by atoms with E-state index in [1.165, 1.54) is 5.56 Å². The van der Waals surface area contributed by atoms with Crippen molar-refractivity contribution in [1.29, 1.82) is 0 Å². The van der Waals surface area contributed by atoms with Crippen LogP contribution in [-0.4, -0.2) is 9.78 Å². The fraction of sp³-hybridized carbons (Fsp3) is 0.182. The standard InChI is InChI=1S/C11H12ClN3/c1-8-3-2-4-11(10(8)5-13)15-7-9(12)6-14-15/h2-4,6-7H,5,13H2,1H3. The van der Waals surface area contributed by atoms with Crippen molar-refractivity contribution < 1.29 is 0 Å². The Morgan fingerprint density at radius 1 is 1.47 bits per heavy atom. The van der Waals surface area contributed by atoms with Gasteiger partial charge in [-0.15, -0.1) is 0 Å². The van der Waals surface area contributed by atoms with Crippen LogP contribution in [0.25, 0.3) is 5.69 Å². The van der Waals surface area contributed by atoms with E-state index >= 15 is 0 Å². The van der Waals surface area contributed by atoms with Crippen molar-refractivity contribution in [1.82, 2.24) is 9.78 Å². The molecular weight excluding hydrogens is 210 g/mol. The lowest BCUT2D eigenvalue weighted by Crippen LogP contribution is -2.06. The highest BCUT2D eigenvalue weighted by atomic mass is 35.5. The van der Waals surface area contributed by atoms with Gasteiger partial charge >= 0.3 is 0 Å². The summed E-state index contributed by atoms with van der Waals surface area (Å²) in [6.45, 7) is 2.54. The largest absolute Gasteiger partial charge is 0.326 e. The van der Waals surface area contributed by atoms with E-state index in [1.807, 2.05) is 25.1 Å². The number of hydrogen-bond acceptors (Lipinski definition) is 2. The number of nitrogens with two attached hydrogens (primary N) is 1. The number of nitrogens with zero attached hydrogens (tertiary/aromatic N) is 2. The molecule has 78 valence electrons. The summed E-state index contributed by atoms with van der Waals surface area (Å²) >= 11 is 5.83. The van der Waals surface area contributed by atoms with E-state index in [-0.39, 0.29) is 0 Å². The van der Waals surface area contributed by atoms with Crippen LogP contribution in [0.4, 0.5) is 0 Å². The number of rotatable bonds is 2. The Morgan fingerprint density at radius 2 is 2.27 bits per heavy atom. The normalized spacial score (nSPS) is 10.6. The second-order valence-corrected chi connectivity index (χ2v) is 3.82. The minimum atomic E-state index is 0.499. The fourth-order valence-electron chi connectivity index (χ4n) is 1.60. The minimum absolute atomic E-state index is 0.499. The molecule has 0 fully saturated rings. The molecule has 0 spiro atoms. The molecule has 4 heteroatoms. The van der Waals surface area contributed by atoms with Crippen LogP contribution in [0, 0.1) is 6.92 Å². The van der Waals surface area contributed by atoms with Crippen LogP contribution in [0.5, 0.6) is 0 Å². The second-order valence-electron chi connectivity index (χ2n) is 3.38. The van der Waals surface area contributed by atoms with Gasteiger partial charge in [0.15, 0.2) is 0 Å². The quantitative estimate of drug-likeness (QED) is 0.846. The summed E-state index contributed by atoms with van der Waals surface area (Å²) in [5.41, 5.74) is 8.97. The lowest BCUT2D eigenvalue weighted by molar-refractivity contribution is 0.855. The molecule has 1 aromatic carbocycles. The predicted octanol–water partition coefficient (Wildman–Crippen LogP) is 2.29. The van der Waals surface area contributed by atoms with Gasteiger partial charge in [0.05, 0.1) is 16.9 Å². The molecule has 0 aliphatic heterocycles. The van der Waals surface area contributed by atoms with E-state index in [9.17, 15) is 0 Å². The monoisotopic (exact) mass is 221 g/mol. The molecule has 2 N–H and O–H groups in total. The first-order valence-electron chi connectivity index (χ1n) is 4.71. The maximum Gasteiger partial charge on any atom is 0.0790 e. The SMILES string of the molecule is Cc1cccc(-n2cc(Cl)cn2)c1CN. The average molecular weight is 222 g/mol. The third kappa shape index (κ3) is 1.89. The van der Waals surface area contributed by atoms with E-state index in [1.54, 1.807) is 17.1 Å². The smallest absolute Gasteiger partial charge is 0.0790 e. The van der Waals surface area contributed by atoms with Gasteiger partial charge in [0.25, 0.3) is 0 Å². The molecule has 0 amide bonds. The first-order valence-corrected chi connectivity index (χ1v) is 5.09. The van der Waals surface area contributed by atoms with Crippen molar-refractivity contribution in [3.63, 3.8) is 0 Å². The minimum Gasteiger partial charge on any atom is -0.326 e. The average Bonchev–Trinajstić information content (AvgIpc) is 2.64. The predicted molar refractivity (Wildman–Crippen MR) is 61.2 cm³/mol. The second kappa shape index (κ2) is 4.04. The van der Waals surface area contributed by atoms with Crippen molar-refractivity contribution in [2.75, 3.05) is 0 Å². The van der Waals surface area contributed by atoms with Crippen LogP contribution in [0.2, 0.25) is 5.02 Å². The Hall–Kier alpha value is -1.32. The van der Waals surface area contributed by atoms with Crippen molar-refractivity contribution in [2.45, 2.75) is 13.5 Å². The molecule has 15 heavy (non-hydrogen) atoms. The van der Waals surface area contributed by atoms with Gasteiger partial charge in [0.2, 0.25) is 0 Å². The zero-order chi connectivity index (χ0) is 10.8. The molecule has 3 nitrogen and oxygen atoms in total. The number of aromatic nitrogens is 2. The van der Waals surface area contributed by atoms with Crippen LogP contribution in [0.15, 0.2) is 30.6 Å². The van der Waals surface area contributed by atoms with Crippen LogP contribution < -0.4 is 5.73 Å². The summed E-state index contributed by atoms with van der Waals surface area (Å²) in [4.78, 5) is 0. The van der Waals surface area contributed by atoms with Gasteiger partial charge < -0.3 is 5.73 Å². The van der Waals surface area contributed by atoms with Crippen LogP contribution in [-0.2, 0) is 6.54 Å². The Morgan fingerprint density at radius 3 is 2.87 bits per heavy atom. The van der Waals surface area contributed by atoms with Crippen LogP contribution >= 0.6 is 11.6 Å². The maximum absolute atomic E-state index is 5.83. The molecule has 1 heterocycles. The lowest BCUT2D eigenvalue weighted by Gasteiger charge is -2.10. The van der Waals surface area contributed by atoms with Crippen LogP contribution in [0.3, 0.4) is 0 Å². The van der Waals surface area contributed by atoms with Gasteiger partial charge in [-0.1, -0.05) is 23.7 Å². The topological polar surface area (TPSA) is 43.8 Å². The molecule has 0 aliphatic rings. The molecule has 0 atom stereocenters. The highest BCUT2D eigenvalue weighted by Crippen LogP contribution is 2.19. The Kier molecular flexibility index (Phi) is 2.75. The zero-order valence-corrected chi connectivity index (χ0v) is 9.20. The summed E-state index contributed by atoms with van der Waals surface area (Å²) in [6.07, 6.45) is 3.39. The van der Waals surface area contributed by atoms with Gasteiger partial charge in [0.1, 0.15) is 0 Å². The van der Waals surface area contributed by atoms with E-state index in [2.05, 4.69) is 5.10 Å². The first kappa shape index (κ1) is 10.2. The van der Waals surface area contributed by atoms with Gasteiger partial charge in [-0.25, -0.2) is 4.68 Å². The van der Waals surface area contributed by atoms with Crippen molar-refractivity contribution >= 4 is 11.6 Å². The molecule has 2 aromatic rings. The summed E-state index contributed by atoms with van der Waals surface area (Å²) < 4.78 is 1.75. The summed E-state index contributed by atoms with van der Waals surface area (Å²) in [5.74, 6) is 0. The molecule has 0 aliphatic carbocycles. The highest BCUT2D eigenvalue weighted by molar-refractivity contribution is 6.30. The summed E-state index contributed by atoms with van der Waals surface area (Å²) in [6, 6.07) is 6.01. The van der Waals surface area contributed by atoms with Crippen LogP contribution in [0.1, 0.15) is 11.1 Å². The number of benzene rings is 1. The number of hydrogen-bond donors (Lipinski definition) is 1. The van der Waals surface area contributed by atoms with Crippen molar-refractivity contribution in [2.24, 2.45) is 5.73 Å². The van der Waals surface area contributed by atoms with Gasteiger partial charge in [-0.05, 0) is 24.1 Å². The lowest BCUT2D eigenvalue weighted by atomic mass is 10.1. The van der Waals surface area contributed by atoms with E-state index in [4.69, 9.17) is 17.3 Å². The Balaban J connectivity index is 2.57.